The molecule has 0 aromatic carbocycles. The molecule has 2 aromatic heterocycles. The van der Waals surface area contributed by atoms with Crippen LogP contribution in [0.5, 0.6) is 0 Å². The van der Waals surface area contributed by atoms with Crippen molar-refractivity contribution in [1.82, 2.24) is 9.47 Å². The Balaban J connectivity index is 1.67. The number of ether oxygens (including phenoxy) is 1. The van der Waals surface area contributed by atoms with Crippen LogP contribution in [-0.2, 0) is 23.0 Å². The third-order valence-corrected chi connectivity index (χ3v) is 4.16. The molecule has 2 aromatic rings. The number of hydrogen-bond acceptors (Lipinski definition) is 3. The zero-order valence-corrected chi connectivity index (χ0v) is 13.1. The topological polar surface area (TPSA) is 47.6 Å². The zero-order valence-electron chi connectivity index (χ0n) is 13.1. The monoisotopic (exact) mass is 302 g/mol. The van der Waals surface area contributed by atoms with Crippen LogP contribution in [0.25, 0.3) is 0 Å². The van der Waals surface area contributed by atoms with E-state index in [9.17, 15) is 4.79 Å². The van der Waals surface area contributed by atoms with Crippen LogP contribution in [0.1, 0.15) is 29.7 Å². The predicted molar refractivity (Wildman–Crippen MR) is 82.5 cm³/mol. The minimum atomic E-state index is -0.000382. The maximum absolute atomic E-state index is 12.6. The van der Waals surface area contributed by atoms with E-state index in [1.54, 1.807) is 0 Å². The minimum absolute atomic E-state index is 0.000382. The van der Waals surface area contributed by atoms with E-state index in [0.717, 1.165) is 17.2 Å². The van der Waals surface area contributed by atoms with Crippen LogP contribution in [0, 0.1) is 6.92 Å². The molecule has 0 N–H and O–H groups in total. The van der Waals surface area contributed by atoms with Gasteiger partial charge >= 0.3 is 0 Å². The molecule has 1 aliphatic rings. The maximum atomic E-state index is 12.6. The lowest BCUT2D eigenvalue weighted by Gasteiger charge is -2.36. The summed E-state index contributed by atoms with van der Waals surface area (Å²) >= 11 is 0. The largest absolute Gasteiger partial charge is 0.466 e. The molecule has 3 rings (SSSR count). The van der Waals surface area contributed by atoms with Crippen LogP contribution in [0.4, 0.5) is 0 Å². The van der Waals surface area contributed by atoms with Crippen LogP contribution in [0.2, 0.25) is 0 Å². The third-order valence-electron chi connectivity index (χ3n) is 4.16. The molecular formula is C17H22N2O3. The van der Waals surface area contributed by atoms with Gasteiger partial charge < -0.3 is 18.6 Å². The van der Waals surface area contributed by atoms with Gasteiger partial charge in [-0.15, -0.1) is 0 Å². The molecule has 0 aliphatic carbocycles. The van der Waals surface area contributed by atoms with Gasteiger partial charge in [-0.25, -0.2) is 0 Å². The van der Waals surface area contributed by atoms with Gasteiger partial charge in [0.25, 0.3) is 0 Å². The van der Waals surface area contributed by atoms with Crippen molar-refractivity contribution >= 4 is 5.91 Å². The summed E-state index contributed by atoms with van der Waals surface area (Å²) in [5.74, 6) is 1.91. The first-order valence-corrected chi connectivity index (χ1v) is 7.69. The molecule has 0 saturated carbocycles. The summed E-state index contributed by atoms with van der Waals surface area (Å²) in [5.41, 5.74) is 1.11. The number of aromatic nitrogens is 1. The Morgan fingerprint density at radius 3 is 2.91 bits per heavy atom. The Morgan fingerprint density at radius 2 is 2.23 bits per heavy atom. The van der Waals surface area contributed by atoms with Gasteiger partial charge in [0, 0.05) is 38.3 Å². The highest BCUT2D eigenvalue weighted by atomic mass is 16.5. The summed E-state index contributed by atoms with van der Waals surface area (Å²) in [7, 11) is 2.00. The molecular weight excluding hydrogens is 280 g/mol. The molecule has 0 radical (unpaired) electrons. The van der Waals surface area contributed by atoms with Gasteiger partial charge in [0.2, 0.25) is 5.91 Å². The SMILES string of the molecule is Cc1ccc(CCC(=O)N2CCOC[C@@H]2c2cccn2C)o1. The molecule has 3 heterocycles. The first kappa shape index (κ1) is 14.9. The highest BCUT2D eigenvalue weighted by molar-refractivity contribution is 5.77. The summed E-state index contributed by atoms with van der Waals surface area (Å²) < 4.78 is 13.2. The Bertz CT molecular complexity index is 644. The smallest absolute Gasteiger partial charge is 0.223 e. The molecule has 0 unspecified atom stereocenters. The number of carbonyl (C=O) groups excluding carboxylic acids is 1. The van der Waals surface area contributed by atoms with Crippen LogP contribution >= 0.6 is 0 Å². The molecule has 0 spiro atoms. The predicted octanol–water partition coefficient (Wildman–Crippen LogP) is 2.46. The number of morpholine rings is 1. The van der Waals surface area contributed by atoms with Crippen molar-refractivity contribution in [2.24, 2.45) is 7.05 Å². The van der Waals surface area contributed by atoms with Crippen LogP contribution in [-0.4, -0.2) is 35.1 Å². The summed E-state index contributed by atoms with van der Waals surface area (Å²) in [5, 5.41) is 0. The van der Waals surface area contributed by atoms with Gasteiger partial charge in [0.05, 0.1) is 19.3 Å². The summed E-state index contributed by atoms with van der Waals surface area (Å²) in [6.45, 7) is 3.72. The minimum Gasteiger partial charge on any atom is -0.466 e. The van der Waals surface area contributed by atoms with Gasteiger partial charge in [-0.3, -0.25) is 4.79 Å². The van der Waals surface area contributed by atoms with Crippen molar-refractivity contribution in [3.05, 3.63) is 47.7 Å². The molecule has 22 heavy (non-hydrogen) atoms. The Morgan fingerprint density at radius 1 is 1.36 bits per heavy atom. The van der Waals surface area contributed by atoms with Gasteiger partial charge in [0.15, 0.2) is 0 Å². The second kappa shape index (κ2) is 6.40. The lowest BCUT2D eigenvalue weighted by Crippen LogP contribution is -2.44. The molecule has 1 saturated heterocycles. The fraction of sp³-hybridized carbons (Fsp3) is 0.471. The van der Waals surface area contributed by atoms with E-state index in [4.69, 9.17) is 9.15 Å². The van der Waals surface area contributed by atoms with Gasteiger partial charge in [-0.05, 0) is 31.2 Å². The van der Waals surface area contributed by atoms with Crippen LogP contribution in [0.15, 0.2) is 34.9 Å². The number of rotatable bonds is 4. The van der Waals surface area contributed by atoms with Crippen molar-refractivity contribution in [3.8, 4) is 0 Å². The molecule has 1 fully saturated rings. The third kappa shape index (κ3) is 3.09. The van der Waals surface area contributed by atoms with Crippen molar-refractivity contribution in [1.29, 1.82) is 0 Å². The summed E-state index contributed by atoms with van der Waals surface area (Å²) in [6.07, 6.45) is 3.11. The van der Waals surface area contributed by atoms with Crippen LogP contribution < -0.4 is 0 Å². The Labute approximate surface area is 130 Å². The first-order chi connectivity index (χ1) is 10.6. The Hall–Kier alpha value is -2.01. The van der Waals surface area contributed by atoms with E-state index in [1.165, 1.54) is 0 Å². The number of carbonyl (C=O) groups is 1. The summed E-state index contributed by atoms with van der Waals surface area (Å²) in [6, 6.07) is 7.92. The lowest BCUT2D eigenvalue weighted by molar-refractivity contribution is -0.140. The zero-order chi connectivity index (χ0) is 15.5. The van der Waals surface area contributed by atoms with Gasteiger partial charge in [-0.2, -0.15) is 0 Å². The summed E-state index contributed by atoms with van der Waals surface area (Å²) in [4.78, 5) is 14.6. The highest BCUT2D eigenvalue weighted by Gasteiger charge is 2.29. The van der Waals surface area contributed by atoms with E-state index >= 15 is 0 Å². The average Bonchev–Trinajstić information content (AvgIpc) is 3.13. The molecule has 1 aliphatic heterocycles. The normalized spacial score (nSPS) is 18.6. The van der Waals surface area contributed by atoms with Crippen molar-refractivity contribution in [2.45, 2.75) is 25.8 Å². The highest BCUT2D eigenvalue weighted by Crippen LogP contribution is 2.25. The lowest BCUT2D eigenvalue weighted by atomic mass is 10.1. The molecule has 118 valence electrons. The number of amides is 1. The second-order valence-corrected chi connectivity index (χ2v) is 5.73. The molecule has 0 bridgehead atoms. The average molecular weight is 302 g/mol. The van der Waals surface area contributed by atoms with Crippen molar-refractivity contribution < 1.29 is 13.9 Å². The van der Waals surface area contributed by atoms with E-state index in [-0.39, 0.29) is 11.9 Å². The van der Waals surface area contributed by atoms with Gasteiger partial charge in [0.1, 0.15) is 11.5 Å². The fourth-order valence-electron chi connectivity index (χ4n) is 2.96. The fourth-order valence-corrected chi connectivity index (χ4v) is 2.96. The van der Waals surface area contributed by atoms with Crippen molar-refractivity contribution in [3.63, 3.8) is 0 Å². The quantitative estimate of drug-likeness (QED) is 0.871. The maximum Gasteiger partial charge on any atom is 0.223 e. The Kier molecular flexibility index (Phi) is 4.34. The van der Waals surface area contributed by atoms with E-state index in [0.29, 0.717) is 32.6 Å². The standard InChI is InChI=1S/C17H22N2O3/c1-13-5-6-14(22-13)7-8-17(20)19-10-11-21-12-16(19)15-4-3-9-18(15)2/h3-6,9,16H,7-8,10-12H2,1-2H3/t16-/m1/s1. The van der Waals surface area contributed by atoms with E-state index in [1.807, 2.05) is 43.3 Å². The second-order valence-electron chi connectivity index (χ2n) is 5.73. The van der Waals surface area contributed by atoms with E-state index < -0.39 is 0 Å². The molecule has 5 nitrogen and oxygen atoms in total. The molecule has 5 heteroatoms. The molecule has 1 amide bonds. The number of nitrogens with zero attached hydrogens (tertiary/aromatic N) is 2. The van der Waals surface area contributed by atoms with E-state index in [2.05, 4.69) is 10.6 Å². The molecule has 1 atom stereocenters. The first-order valence-electron chi connectivity index (χ1n) is 7.69. The number of furan rings is 1. The number of aryl methyl sites for hydroxylation is 3. The van der Waals surface area contributed by atoms with Gasteiger partial charge in [-0.1, -0.05) is 0 Å². The van der Waals surface area contributed by atoms with Crippen LogP contribution in [0.3, 0.4) is 0 Å². The van der Waals surface area contributed by atoms with Crippen molar-refractivity contribution in [2.75, 3.05) is 19.8 Å². The number of hydrogen-bond donors (Lipinski definition) is 0.